The lowest BCUT2D eigenvalue weighted by molar-refractivity contribution is -0.116. The molecule has 0 aliphatic heterocycles. The number of amides is 1. The van der Waals surface area contributed by atoms with Gasteiger partial charge in [0.05, 0.1) is 23.7 Å². The quantitative estimate of drug-likeness (QED) is 0.891. The van der Waals surface area contributed by atoms with E-state index in [4.69, 9.17) is 16.3 Å². The van der Waals surface area contributed by atoms with Gasteiger partial charge in [0.2, 0.25) is 5.91 Å². The average molecular weight is 304 g/mol. The summed E-state index contributed by atoms with van der Waals surface area (Å²) in [6.07, 6.45) is 0.276. The van der Waals surface area contributed by atoms with Gasteiger partial charge in [-0.2, -0.15) is 0 Å². The van der Waals surface area contributed by atoms with Gasteiger partial charge in [0.15, 0.2) is 0 Å². The van der Waals surface area contributed by atoms with E-state index in [9.17, 15) is 4.79 Å². The number of para-hydroxylation sites is 1. The van der Waals surface area contributed by atoms with Crippen LogP contribution < -0.4 is 10.1 Å². The number of anilines is 1. The standard InChI is InChI=1S/C17H18ClNO2/c1-12-9-13(2)11-14(10-12)21-8-7-17(20)19-16-6-4-3-5-15(16)18/h3-6,9-11H,7-8H2,1-2H3,(H,19,20). The third-order valence-corrected chi connectivity index (χ3v) is 3.27. The number of benzene rings is 2. The molecule has 2 aromatic rings. The minimum absolute atomic E-state index is 0.118. The van der Waals surface area contributed by atoms with Crippen LogP contribution >= 0.6 is 11.6 Å². The van der Waals surface area contributed by atoms with Crippen LogP contribution in [0.2, 0.25) is 5.02 Å². The van der Waals surface area contributed by atoms with E-state index >= 15 is 0 Å². The number of ether oxygens (including phenoxy) is 1. The Balaban J connectivity index is 1.83. The summed E-state index contributed by atoms with van der Waals surface area (Å²) in [5, 5.41) is 3.30. The highest BCUT2D eigenvalue weighted by molar-refractivity contribution is 6.33. The zero-order valence-corrected chi connectivity index (χ0v) is 12.9. The largest absolute Gasteiger partial charge is 0.493 e. The van der Waals surface area contributed by atoms with Crippen molar-refractivity contribution in [3.63, 3.8) is 0 Å². The maximum Gasteiger partial charge on any atom is 0.227 e. The third-order valence-electron chi connectivity index (χ3n) is 2.94. The molecule has 0 saturated heterocycles. The zero-order chi connectivity index (χ0) is 15.2. The van der Waals surface area contributed by atoms with Crippen molar-refractivity contribution < 1.29 is 9.53 Å². The van der Waals surface area contributed by atoms with Gasteiger partial charge in [-0.05, 0) is 49.2 Å². The first-order valence-corrected chi connectivity index (χ1v) is 7.18. The SMILES string of the molecule is Cc1cc(C)cc(OCCC(=O)Nc2ccccc2Cl)c1. The summed E-state index contributed by atoms with van der Waals surface area (Å²) in [5.74, 6) is 0.672. The van der Waals surface area contributed by atoms with Crippen LogP contribution in [0.15, 0.2) is 42.5 Å². The molecular formula is C17H18ClNO2. The number of halogens is 1. The molecule has 0 radical (unpaired) electrons. The summed E-state index contributed by atoms with van der Waals surface area (Å²) in [5.41, 5.74) is 2.91. The van der Waals surface area contributed by atoms with Crippen LogP contribution in [-0.4, -0.2) is 12.5 Å². The van der Waals surface area contributed by atoms with Crippen molar-refractivity contribution in [1.29, 1.82) is 0 Å². The van der Waals surface area contributed by atoms with Crippen molar-refractivity contribution in [2.24, 2.45) is 0 Å². The van der Waals surface area contributed by atoms with E-state index in [0.717, 1.165) is 16.9 Å². The summed E-state index contributed by atoms with van der Waals surface area (Å²) in [7, 11) is 0. The zero-order valence-electron chi connectivity index (χ0n) is 12.2. The Morgan fingerprint density at radius 2 is 1.81 bits per heavy atom. The fourth-order valence-corrected chi connectivity index (χ4v) is 2.24. The first-order chi connectivity index (χ1) is 10.0. The number of rotatable bonds is 5. The van der Waals surface area contributed by atoms with Crippen LogP contribution in [0.5, 0.6) is 5.75 Å². The normalized spacial score (nSPS) is 10.2. The lowest BCUT2D eigenvalue weighted by Gasteiger charge is -2.09. The number of nitrogens with one attached hydrogen (secondary N) is 1. The molecule has 0 aliphatic rings. The number of hydrogen-bond donors (Lipinski definition) is 1. The first kappa shape index (κ1) is 15.4. The highest BCUT2D eigenvalue weighted by Crippen LogP contribution is 2.20. The average Bonchev–Trinajstić information content (AvgIpc) is 2.40. The molecule has 0 spiro atoms. The number of carbonyl (C=O) groups excluding carboxylic acids is 1. The molecule has 0 heterocycles. The number of carbonyl (C=O) groups is 1. The van der Waals surface area contributed by atoms with E-state index in [1.807, 2.05) is 38.1 Å². The predicted octanol–water partition coefficient (Wildman–Crippen LogP) is 4.36. The predicted molar refractivity (Wildman–Crippen MR) is 86.1 cm³/mol. The van der Waals surface area contributed by atoms with Gasteiger partial charge in [-0.3, -0.25) is 4.79 Å². The summed E-state index contributed by atoms with van der Waals surface area (Å²) in [6, 6.07) is 13.2. The Bertz CT molecular complexity index is 620. The highest BCUT2D eigenvalue weighted by atomic mass is 35.5. The van der Waals surface area contributed by atoms with Gasteiger partial charge < -0.3 is 10.1 Å². The van der Waals surface area contributed by atoms with Gasteiger partial charge >= 0.3 is 0 Å². The molecule has 0 bridgehead atoms. The van der Waals surface area contributed by atoms with Gasteiger partial charge in [0.25, 0.3) is 0 Å². The molecular weight excluding hydrogens is 286 g/mol. The molecule has 0 aliphatic carbocycles. The van der Waals surface area contributed by atoms with E-state index in [1.165, 1.54) is 0 Å². The summed E-state index contributed by atoms with van der Waals surface area (Å²) >= 11 is 5.99. The first-order valence-electron chi connectivity index (χ1n) is 6.80. The molecule has 1 amide bonds. The molecule has 0 atom stereocenters. The summed E-state index contributed by atoms with van der Waals surface area (Å²) < 4.78 is 5.61. The van der Waals surface area contributed by atoms with E-state index < -0.39 is 0 Å². The fraction of sp³-hybridized carbons (Fsp3) is 0.235. The van der Waals surface area contributed by atoms with E-state index in [0.29, 0.717) is 17.3 Å². The highest BCUT2D eigenvalue weighted by Gasteiger charge is 2.06. The Labute approximate surface area is 129 Å². The molecule has 0 fully saturated rings. The van der Waals surface area contributed by atoms with Crippen LogP contribution in [0.1, 0.15) is 17.5 Å². The van der Waals surface area contributed by atoms with E-state index in [2.05, 4.69) is 11.4 Å². The third kappa shape index (κ3) is 4.80. The van der Waals surface area contributed by atoms with Crippen molar-refractivity contribution in [3.05, 3.63) is 58.6 Å². The lowest BCUT2D eigenvalue weighted by Crippen LogP contribution is -2.15. The van der Waals surface area contributed by atoms with Crippen molar-refractivity contribution in [3.8, 4) is 5.75 Å². The Morgan fingerprint density at radius 1 is 1.14 bits per heavy atom. The second kappa shape index (κ2) is 7.14. The minimum Gasteiger partial charge on any atom is -0.493 e. The van der Waals surface area contributed by atoms with Gasteiger partial charge in [0, 0.05) is 0 Å². The molecule has 2 aromatic carbocycles. The Hall–Kier alpha value is -2.00. The molecule has 0 unspecified atom stereocenters. The molecule has 21 heavy (non-hydrogen) atoms. The van der Waals surface area contributed by atoms with Crippen LogP contribution in [-0.2, 0) is 4.79 Å². The second-order valence-corrected chi connectivity index (χ2v) is 5.36. The second-order valence-electron chi connectivity index (χ2n) is 4.95. The van der Waals surface area contributed by atoms with Crippen LogP contribution in [0.25, 0.3) is 0 Å². The van der Waals surface area contributed by atoms with Crippen LogP contribution in [0, 0.1) is 13.8 Å². The molecule has 0 aromatic heterocycles. The number of hydrogen-bond acceptors (Lipinski definition) is 2. The van der Waals surface area contributed by atoms with Crippen LogP contribution in [0.4, 0.5) is 5.69 Å². The lowest BCUT2D eigenvalue weighted by atomic mass is 10.1. The van der Waals surface area contributed by atoms with Gasteiger partial charge in [-0.15, -0.1) is 0 Å². The van der Waals surface area contributed by atoms with E-state index in [-0.39, 0.29) is 12.3 Å². The molecule has 0 saturated carbocycles. The maximum absolute atomic E-state index is 11.8. The summed E-state index contributed by atoms with van der Waals surface area (Å²) in [6.45, 7) is 4.37. The smallest absolute Gasteiger partial charge is 0.227 e. The molecule has 2 rings (SSSR count). The van der Waals surface area contributed by atoms with E-state index in [1.54, 1.807) is 12.1 Å². The van der Waals surface area contributed by atoms with Gasteiger partial charge in [0.1, 0.15) is 5.75 Å². The van der Waals surface area contributed by atoms with Crippen molar-refractivity contribution in [2.75, 3.05) is 11.9 Å². The van der Waals surface area contributed by atoms with Crippen molar-refractivity contribution >= 4 is 23.2 Å². The fourth-order valence-electron chi connectivity index (χ4n) is 2.05. The van der Waals surface area contributed by atoms with Crippen LogP contribution in [0.3, 0.4) is 0 Å². The summed E-state index contributed by atoms with van der Waals surface area (Å²) in [4.78, 5) is 11.8. The monoisotopic (exact) mass is 303 g/mol. The van der Waals surface area contributed by atoms with Crippen molar-refractivity contribution in [1.82, 2.24) is 0 Å². The molecule has 110 valence electrons. The van der Waals surface area contributed by atoms with Gasteiger partial charge in [-0.1, -0.05) is 29.8 Å². The van der Waals surface area contributed by atoms with Crippen molar-refractivity contribution in [2.45, 2.75) is 20.3 Å². The molecule has 1 N–H and O–H groups in total. The Kier molecular flexibility index (Phi) is 5.23. The minimum atomic E-state index is -0.118. The maximum atomic E-state index is 11.8. The Morgan fingerprint density at radius 3 is 2.48 bits per heavy atom. The number of aryl methyl sites for hydroxylation is 2. The van der Waals surface area contributed by atoms with Gasteiger partial charge in [-0.25, -0.2) is 0 Å². The molecule has 3 nitrogen and oxygen atoms in total. The molecule has 4 heteroatoms. The topological polar surface area (TPSA) is 38.3 Å².